The Morgan fingerprint density at radius 2 is 2.24 bits per heavy atom. The summed E-state index contributed by atoms with van der Waals surface area (Å²) in [6.07, 6.45) is 3.60. The molecular formula is C17H17NO3. The minimum Gasteiger partial charge on any atom is -0.472 e. The second-order valence-electron chi connectivity index (χ2n) is 4.62. The Bertz CT molecular complexity index is 663. The quantitative estimate of drug-likeness (QED) is 0.846. The van der Waals surface area contributed by atoms with Gasteiger partial charge in [-0.25, -0.2) is 0 Å². The van der Waals surface area contributed by atoms with E-state index in [1.165, 1.54) is 0 Å². The maximum absolute atomic E-state index is 12.1. The number of carbonyl (C=O) groups is 1. The Hall–Kier alpha value is -2.51. The average molecular weight is 283 g/mol. The number of amides is 1. The fourth-order valence-corrected chi connectivity index (χ4v) is 1.79. The Labute approximate surface area is 123 Å². The predicted octanol–water partition coefficient (Wildman–Crippen LogP) is 2.25. The molecule has 2 aromatic rings. The molecule has 0 bridgehead atoms. The van der Waals surface area contributed by atoms with E-state index in [9.17, 15) is 4.79 Å². The summed E-state index contributed by atoms with van der Waals surface area (Å²) in [4.78, 5) is 12.1. The molecule has 0 atom stereocenters. The monoisotopic (exact) mass is 283 g/mol. The van der Waals surface area contributed by atoms with Crippen molar-refractivity contribution < 1.29 is 14.3 Å². The summed E-state index contributed by atoms with van der Waals surface area (Å²) in [5.41, 5.74) is 3.29. The summed E-state index contributed by atoms with van der Waals surface area (Å²) in [6.45, 7) is 2.40. The third-order valence-corrected chi connectivity index (χ3v) is 2.99. The van der Waals surface area contributed by atoms with Crippen molar-refractivity contribution in [3.63, 3.8) is 0 Å². The maximum Gasteiger partial charge on any atom is 0.251 e. The summed E-state index contributed by atoms with van der Waals surface area (Å²) in [6, 6.07) is 7.22. The Morgan fingerprint density at radius 3 is 2.95 bits per heavy atom. The van der Waals surface area contributed by atoms with Gasteiger partial charge in [0.25, 0.3) is 5.91 Å². The van der Waals surface area contributed by atoms with E-state index in [1.54, 1.807) is 30.7 Å². The van der Waals surface area contributed by atoms with Crippen LogP contribution in [0.5, 0.6) is 0 Å². The summed E-state index contributed by atoms with van der Waals surface area (Å²) >= 11 is 0. The van der Waals surface area contributed by atoms with Gasteiger partial charge in [0, 0.05) is 29.7 Å². The molecule has 0 saturated carbocycles. The molecule has 108 valence electrons. The highest BCUT2D eigenvalue weighted by atomic mass is 16.3. The van der Waals surface area contributed by atoms with Crippen molar-refractivity contribution in [3.8, 4) is 11.8 Å². The molecule has 1 amide bonds. The molecular weight excluding hydrogens is 266 g/mol. The average Bonchev–Trinajstić information content (AvgIpc) is 3.00. The molecule has 0 unspecified atom stereocenters. The first-order chi connectivity index (χ1) is 10.2. The van der Waals surface area contributed by atoms with Gasteiger partial charge >= 0.3 is 0 Å². The molecule has 0 radical (unpaired) electrons. The van der Waals surface area contributed by atoms with E-state index in [2.05, 4.69) is 17.2 Å². The van der Waals surface area contributed by atoms with E-state index in [-0.39, 0.29) is 12.5 Å². The van der Waals surface area contributed by atoms with Gasteiger partial charge in [-0.3, -0.25) is 4.79 Å². The van der Waals surface area contributed by atoms with Crippen LogP contribution in [0.2, 0.25) is 0 Å². The highest BCUT2D eigenvalue weighted by Gasteiger charge is 2.07. The van der Waals surface area contributed by atoms with Crippen molar-refractivity contribution in [1.29, 1.82) is 0 Å². The van der Waals surface area contributed by atoms with Gasteiger partial charge in [0.2, 0.25) is 0 Å². The lowest BCUT2D eigenvalue weighted by Crippen LogP contribution is -2.22. The van der Waals surface area contributed by atoms with Crippen LogP contribution in [0.1, 0.15) is 33.5 Å². The molecule has 0 fully saturated rings. The first kappa shape index (κ1) is 14.9. The van der Waals surface area contributed by atoms with Crippen LogP contribution in [0.3, 0.4) is 0 Å². The van der Waals surface area contributed by atoms with Crippen molar-refractivity contribution in [2.24, 2.45) is 0 Å². The van der Waals surface area contributed by atoms with Crippen LogP contribution in [0.25, 0.3) is 0 Å². The smallest absolute Gasteiger partial charge is 0.251 e. The summed E-state index contributed by atoms with van der Waals surface area (Å²) in [5, 5.41) is 11.6. The molecule has 1 aromatic carbocycles. The van der Waals surface area contributed by atoms with Crippen LogP contribution < -0.4 is 5.32 Å². The Kier molecular flexibility index (Phi) is 5.19. The van der Waals surface area contributed by atoms with Crippen molar-refractivity contribution >= 4 is 5.91 Å². The molecule has 2 N–H and O–H groups in total. The zero-order valence-electron chi connectivity index (χ0n) is 11.8. The van der Waals surface area contributed by atoms with Crippen LogP contribution in [-0.2, 0) is 6.54 Å². The van der Waals surface area contributed by atoms with Gasteiger partial charge in [-0.1, -0.05) is 17.9 Å². The number of hydrogen-bond acceptors (Lipinski definition) is 3. The largest absolute Gasteiger partial charge is 0.472 e. The van der Waals surface area contributed by atoms with Crippen LogP contribution in [0.15, 0.2) is 41.2 Å². The van der Waals surface area contributed by atoms with E-state index in [0.29, 0.717) is 18.5 Å². The normalized spacial score (nSPS) is 9.81. The first-order valence-electron chi connectivity index (χ1n) is 6.70. The first-order valence-corrected chi connectivity index (χ1v) is 6.70. The van der Waals surface area contributed by atoms with Gasteiger partial charge in [0.1, 0.15) is 0 Å². The molecule has 0 saturated heterocycles. The topological polar surface area (TPSA) is 62.5 Å². The molecule has 21 heavy (non-hydrogen) atoms. The fraction of sp³-hybridized carbons (Fsp3) is 0.235. The number of rotatable bonds is 4. The third-order valence-electron chi connectivity index (χ3n) is 2.99. The van der Waals surface area contributed by atoms with Gasteiger partial charge in [0.15, 0.2) is 0 Å². The van der Waals surface area contributed by atoms with Crippen molar-refractivity contribution in [2.45, 2.75) is 19.9 Å². The second-order valence-corrected chi connectivity index (χ2v) is 4.62. The zero-order valence-corrected chi connectivity index (χ0v) is 11.8. The molecule has 1 aromatic heterocycles. The van der Waals surface area contributed by atoms with E-state index in [1.807, 2.05) is 13.0 Å². The van der Waals surface area contributed by atoms with E-state index in [0.717, 1.165) is 16.7 Å². The summed E-state index contributed by atoms with van der Waals surface area (Å²) in [5.74, 6) is 5.69. The molecule has 2 rings (SSSR count). The van der Waals surface area contributed by atoms with Crippen LogP contribution in [0, 0.1) is 18.8 Å². The minimum absolute atomic E-state index is 0.0386. The standard InChI is InChI=1S/C17H17NO3/c1-13-5-6-16(10-15(13)4-2-3-8-19)17(20)18-11-14-7-9-21-12-14/h5-7,9-10,12,19H,3,8,11H2,1H3,(H,18,20). The van der Waals surface area contributed by atoms with E-state index >= 15 is 0 Å². The highest BCUT2D eigenvalue weighted by molar-refractivity contribution is 5.94. The lowest BCUT2D eigenvalue weighted by Gasteiger charge is -2.06. The second kappa shape index (κ2) is 7.32. The van der Waals surface area contributed by atoms with Crippen molar-refractivity contribution in [1.82, 2.24) is 5.32 Å². The van der Waals surface area contributed by atoms with E-state index in [4.69, 9.17) is 9.52 Å². The van der Waals surface area contributed by atoms with Crippen LogP contribution >= 0.6 is 0 Å². The number of aliphatic hydroxyl groups excluding tert-OH is 1. The fourth-order valence-electron chi connectivity index (χ4n) is 1.79. The third kappa shape index (κ3) is 4.23. The lowest BCUT2D eigenvalue weighted by molar-refractivity contribution is 0.0951. The number of furan rings is 1. The number of aryl methyl sites for hydroxylation is 1. The predicted molar refractivity (Wildman–Crippen MR) is 79.6 cm³/mol. The number of aliphatic hydroxyl groups is 1. The van der Waals surface area contributed by atoms with Crippen LogP contribution in [0.4, 0.5) is 0 Å². The summed E-state index contributed by atoms with van der Waals surface area (Å²) in [7, 11) is 0. The molecule has 0 aliphatic heterocycles. The van der Waals surface area contributed by atoms with Crippen molar-refractivity contribution in [3.05, 3.63) is 59.0 Å². The molecule has 0 aliphatic rings. The molecule has 4 nitrogen and oxygen atoms in total. The molecule has 0 aliphatic carbocycles. The van der Waals surface area contributed by atoms with Gasteiger partial charge in [0.05, 0.1) is 19.1 Å². The number of nitrogens with one attached hydrogen (secondary N) is 1. The van der Waals surface area contributed by atoms with E-state index < -0.39 is 0 Å². The number of carbonyl (C=O) groups excluding carboxylic acids is 1. The molecule has 0 spiro atoms. The van der Waals surface area contributed by atoms with Gasteiger partial charge in [-0.05, 0) is 30.7 Å². The molecule has 1 heterocycles. The lowest BCUT2D eigenvalue weighted by atomic mass is 10.0. The number of benzene rings is 1. The summed E-state index contributed by atoms with van der Waals surface area (Å²) < 4.78 is 4.95. The highest BCUT2D eigenvalue weighted by Crippen LogP contribution is 2.10. The minimum atomic E-state index is -0.151. The van der Waals surface area contributed by atoms with Gasteiger partial charge in [-0.2, -0.15) is 0 Å². The Morgan fingerprint density at radius 1 is 1.38 bits per heavy atom. The SMILES string of the molecule is Cc1ccc(C(=O)NCc2ccoc2)cc1C#CCCO. The van der Waals surface area contributed by atoms with Gasteiger partial charge < -0.3 is 14.8 Å². The Balaban J connectivity index is 2.07. The maximum atomic E-state index is 12.1. The zero-order chi connectivity index (χ0) is 15.1. The number of hydrogen-bond donors (Lipinski definition) is 2. The van der Waals surface area contributed by atoms with Crippen molar-refractivity contribution in [2.75, 3.05) is 6.61 Å². The van der Waals surface area contributed by atoms with Crippen LogP contribution in [-0.4, -0.2) is 17.6 Å². The molecule has 4 heteroatoms. The van der Waals surface area contributed by atoms with Gasteiger partial charge in [-0.15, -0.1) is 0 Å².